The molecule has 0 radical (unpaired) electrons. The van der Waals surface area contributed by atoms with Gasteiger partial charge in [-0.2, -0.15) is 0 Å². The smallest absolute Gasteiger partial charge is 0.343 e. The molecule has 2 aromatic carbocycles. The van der Waals surface area contributed by atoms with Crippen LogP contribution in [0.5, 0.6) is 0 Å². The summed E-state index contributed by atoms with van der Waals surface area (Å²) in [7, 11) is 0. The highest BCUT2D eigenvalue weighted by molar-refractivity contribution is 6.30. The molecule has 0 unspecified atom stereocenters. The van der Waals surface area contributed by atoms with E-state index < -0.39 is 5.97 Å². The second kappa shape index (κ2) is 7.84. The quantitative estimate of drug-likeness (QED) is 0.515. The Bertz CT molecular complexity index is 929. The van der Waals surface area contributed by atoms with Gasteiger partial charge < -0.3 is 15.8 Å². The van der Waals surface area contributed by atoms with Crippen LogP contribution in [0.25, 0.3) is 11.4 Å². The molecule has 0 atom stereocenters. The molecule has 6 nitrogen and oxygen atoms in total. The Morgan fingerprint density at radius 2 is 2.00 bits per heavy atom. The Morgan fingerprint density at radius 1 is 1.23 bits per heavy atom. The minimum absolute atomic E-state index is 0.245. The number of nitrogens with two attached hydrogens (primary N) is 1. The molecule has 0 saturated heterocycles. The highest BCUT2D eigenvalue weighted by Crippen LogP contribution is 2.25. The number of benzene rings is 2. The summed E-state index contributed by atoms with van der Waals surface area (Å²) in [6, 6.07) is 14.3. The topological polar surface area (TPSA) is 90.1 Å². The molecular weight excluding hydrogens is 352 g/mol. The Balaban J connectivity index is 2.02. The first-order chi connectivity index (χ1) is 12.6. The van der Waals surface area contributed by atoms with Gasteiger partial charge in [0.15, 0.2) is 5.82 Å². The number of esters is 1. The van der Waals surface area contributed by atoms with Crippen molar-refractivity contribution in [3.63, 3.8) is 0 Å². The van der Waals surface area contributed by atoms with Crippen molar-refractivity contribution < 1.29 is 9.53 Å². The summed E-state index contributed by atoms with van der Waals surface area (Å²) in [5.41, 5.74) is 8.16. The lowest BCUT2D eigenvalue weighted by Crippen LogP contribution is -2.11. The lowest BCUT2D eigenvalue weighted by atomic mass is 10.2. The summed E-state index contributed by atoms with van der Waals surface area (Å²) in [5.74, 6) is 0.295. The fraction of sp³-hybridized carbons (Fsp3) is 0.105. The molecule has 0 amide bonds. The minimum atomic E-state index is -0.497. The number of halogens is 1. The Labute approximate surface area is 156 Å². The number of nitrogen functional groups attached to an aromatic ring is 1. The van der Waals surface area contributed by atoms with Gasteiger partial charge in [-0.25, -0.2) is 14.8 Å². The fourth-order valence-corrected chi connectivity index (χ4v) is 2.45. The van der Waals surface area contributed by atoms with Crippen molar-refractivity contribution in [2.24, 2.45) is 0 Å². The third-order valence-electron chi connectivity index (χ3n) is 3.54. The average molecular weight is 369 g/mol. The van der Waals surface area contributed by atoms with E-state index >= 15 is 0 Å². The van der Waals surface area contributed by atoms with Crippen molar-refractivity contribution >= 4 is 34.8 Å². The lowest BCUT2D eigenvalue weighted by molar-refractivity contribution is 0.0526. The van der Waals surface area contributed by atoms with E-state index in [1.165, 1.54) is 6.20 Å². The molecule has 0 aliphatic rings. The van der Waals surface area contributed by atoms with Crippen LogP contribution in [0.15, 0.2) is 54.7 Å². The molecule has 3 aromatic rings. The number of rotatable bonds is 5. The van der Waals surface area contributed by atoms with Gasteiger partial charge in [-0.3, -0.25) is 0 Å². The van der Waals surface area contributed by atoms with E-state index in [0.717, 1.165) is 11.3 Å². The van der Waals surface area contributed by atoms with Crippen LogP contribution in [0.3, 0.4) is 0 Å². The second-order valence-electron chi connectivity index (χ2n) is 5.43. The van der Waals surface area contributed by atoms with E-state index in [0.29, 0.717) is 22.4 Å². The molecule has 0 bridgehead atoms. The monoisotopic (exact) mass is 368 g/mol. The fourth-order valence-electron chi connectivity index (χ4n) is 2.32. The predicted octanol–water partition coefficient (Wildman–Crippen LogP) is 4.30. The number of carbonyl (C=O) groups excluding carboxylic acids is 1. The van der Waals surface area contributed by atoms with Crippen molar-refractivity contribution in [2.45, 2.75) is 6.92 Å². The summed E-state index contributed by atoms with van der Waals surface area (Å²) in [6.07, 6.45) is 1.45. The summed E-state index contributed by atoms with van der Waals surface area (Å²) in [6.45, 7) is 2.00. The molecule has 0 aliphatic heterocycles. The standard InChI is InChI=1S/C19H17ClN4O2/c1-2-26-19(25)16-11-22-17(12-4-3-5-14(21)10-12)24-18(16)23-15-8-6-13(20)7-9-15/h3-11H,2,21H2,1H3,(H,22,23,24). The van der Waals surface area contributed by atoms with Crippen LogP contribution in [0.4, 0.5) is 17.2 Å². The van der Waals surface area contributed by atoms with Crippen LogP contribution in [0.1, 0.15) is 17.3 Å². The Hall–Kier alpha value is -3.12. The van der Waals surface area contributed by atoms with Gasteiger partial charge in [-0.1, -0.05) is 23.7 Å². The molecule has 0 saturated carbocycles. The molecule has 3 rings (SSSR count). The van der Waals surface area contributed by atoms with Gasteiger partial charge in [0.05, 0.1) is 6.61 Å². The number of ether oxygens (including phenoxy) is 1. The Morgan fingerprint density at radius 3 is 2.69 bits per heavy atom. The van der Waals surface area contributed by atoms with E-state index in [9.17, 15) is 4.79 Å². The van der Waals surface area contributed by atoms with Crippen molar-refractivity contribution in [1.82, 2.24) is 9.97 Å². The van der Waals surface area contributed by atoms with Crippen LogP contribution in [0, 0.1) is 0 Å². The van der Waals surface area contributed by atoms with Crippen molar-refractivity contribution in [3.8, 4) is 11.4 Å². The van der Waals surface area contributed by atoms with Crippen LogP contribution in [0.2, 0.25) is 5.02 Å². The predicted molar refractivity (Wildman–Crippen MR) is 103 cm³/mol. The van der Waals surface area contributed by atoms with E-state index in [2.05, 4.69) is 15.3 Å². The number of nitrogens with zero attached hydrogens (tertiary/aromatic N) is 2. The first-order valence-electron chi connectivity index (χ1n) is 7.99. The average Bonchev–Trinajstić information content (AvgIpc) is 2.64. The summed E-state index contributed by atoms with van der Waals surface area (Å²) >= 11 is 5.92. The first-order valence-corrected chi connectivity index (χ1v) is 8.37. The number of hydrogen-bond acceptors (Lipinski definition) is 6. The van der Waals surface area contributed by atoms with Gasteiger partial charge >= 0.3 is 5.97 Å². The summed E-state index contributed by atoms with van der Waals surface area (Å²) in [4.78, 5) is 21.0. The third kappa shape index (κ3) is 4.10. The second-order valence-corrected chi connectivity index (χ2v) is 5.87. The van der Waals surface area contributed by atoms with Gasteiger partial charge in [0.1, 0.15) is 11.4 Å². The van der Waals surface area contributed by atoms with Gasteiger partial charge in [0.2, 0.25) is 0 Å². The van der Waals surface area contributed by atoms with Crippen LogP contribution in [-0.2, 0) is 4.74 Å². The van der Waals surface area contributed by atoms with E-state index in [-0.39, 0.29) is 12.2 Å². The summed E-state index contributed by atoms with van der Waals surface area (Å²) in [5, 5.41) is 3.74. The van der Waals surface area contributed by atoms with Crippen LogP contribution in [-0.4, -0.2) is 22.5 Å². The maximum atomic E-state index is 12.2. The molecule has 26 heavy (non-hydrogen) atoms. The molecule has 3 N–H and O–H groups in total. The van der Waals surface area contributed by atoms with Crippen molar-refractivity contribution in [1.29, 1.82) is 0 Å². The highest BCUT2D eigenvalue weighted by Gasteiger charge is 2.17. The zero-order chi connectivity index (χ0) is 18.5. The molecular formula is C19H17ClN4O2. The number of aromatic nitrogens is 2. The third-order valence-corrected chi connectivity index (χ3v) is 3.79. The molecule has 132 valence electrons. The van der Waals surface area contributed by atoms with Gasteiger partial charge in [-0.05, 0) is 43.3 Å². The maximum absolute atomic E-state index is 12.2. The number of carbonyl (C=O) groups is 1. The van der Waals surface area contributed by atoms with E-state index in [4.69, 9.17) is 22.1 Å². The van der Waals surface area contributed by atoms with Gasteiger partial charge in [0.25, 0.3) is 0 Å². The SMILES string of the molecule is CCOC(=O)c1cnc(-c2cccc(N)c2)nc1Nc1ccc(Cl)cc1. The van der Waals surface area contributed by atoms with Crippen molar-refractivity contribution in [2.75, 3.05) is 17.7 Å². The van der Waals surface area contributed by atoms with Crippen LogP contribution >= 0.6 is 11.6 Å². The minimum Gasteiger partial charge on any atom is -0.462 e. The largest absolute Gasteiger partial charge is 0.462 e. The molecule has 0 fully saturated rings. The zero-order valence-electron chi connectivity index (χ0n) is 14.1. The highest BCUT2D eigenvalue weighted by atomic mass is 35.5. The van der Waals surface area contributed by atoms with Crippen LogP contribution < -0.4 is 11.1 Å². The molecule has 0 aliphatic carbocycles. The number of hydrogen-bond donors (Lipinski definition) is 2. The first kappa shape index (κ1) is 17.7. The maximum Gasteiger partial charge on any atom is 0.343 e. The molecule has 1 heterocycles. The van der Waals surface area contributed by atoms with Crippen molar-refractivity contribution in [3.05, 3.63) is 65.3 Å². The summed E-state index contributed by atoms with van der Waals surface area (Å²) < 4.78 is 5.09. The molecule has 7 heteroatoms. The van der Waals surface area contributed by atoms with Gasteiger partial charge in [0, 0.05) is 28.2 Å². The molecule has 1 aromatic heterocycles. The van der Waals surface area contributed by atoms with Gasteiger partial charge in [-0.15, -0.1) is 0 Å². The Kier molecular flexibility index (Phi) is 5.34. The normalized spacial score (nSPS) is 10.4. The lowest BCUT2D eigenvalue weighted by Gasteiger charge is -2.12. The van der Waals surface area contributed by atoms with E-state index in [1.54, 1.807) is 43.3 Å². The molecule has 0 spiro atoms. The number of anilines is 3. The van der Waals surface area contributed by atoms with E-state index in [1.807, 2.05) is 12.1 Å². The zero-order valence-corrected chi connectivity index (χ0v) is 14.8. The number of nitrogens with one attached hydrogen (secondary N) is 1.